The van der Waals surface area contributed by atoms with Crippen molar-refractivity contribution >= 4 is 0 Å². The third-order valence-corrected chi connectivity index (χ3v) is 4.60. The highest BCUT2D eigenvalue weighted by Crippen LogP contribution is 2.47. The summed E-state index contributed by atoms with van der Waals surface area (Å²) in [6, 6.07) is 4.76. The standard InChI is InChI=1S/C15H25N3O/c1-11-7-14(11)15-4-3-13(19-15)10-18-6-5-17(2)9-12(18)8-16/h3-4,11-12,14H,5-10,16H2,1-2H3. The summed E-state index contributed by atoms with van der Waals surface area (Å²) in [4.78, 5) is 4.81. The zero-order valence-corrected chi connectivity index (χ0v) is 12.0. The summed E-state index contributed by atoms with van der Waals surface area (Å²) in [7, 11) is 2.17. The fraction of sp³-hybridized carbons (Fsp3) is 0.733. The van der Waals surface area contributed by atoms with Gasteiger partial charge in [0.1, 0.15) is 11.5 Å². The minimum Gasteiger partial charge on any atom is -0.464 e. The van der Waals surface area contributed by atoms with Crippen LogP contribution in [0.4, 0.5) is 0 Å². The van der Waals surface area contributed by atoms with Crippen LogP contribution in [0.5, 0.6) is 0 Å². The Bertz CT molecular complexity index is 431. The normalized spacial score (nSPS) is 32.7. The first kappa shape index (κ1) is 13.2. The molecule has 0 radical (unpaired) electrons. The van der Waals surface area contributed by atoms with Gasteiger partial charge in [-0.25, -0.2) is 0 Å². The molecule has 2 fully saturated rings. The third kappa shape index (κ3) is 2.86. The van der Waals surface area contributed by atoms with Crippen LogP contribution in [0.2, 0.25) is 0 Å². The lowest BCUT2D eigenvalue weighted by Gasteiger charge is -2.39. The number of piperazine rings is 1. The van der Waals surface area contributed by atoms with Crippen molar-refractivity contribution in [1.82, 2.24) is 9.80 Å². The summed E-state index contributed by atoms with van der Waals surface area (Å²) in [5, 5.41) is 0. The molecule has 0 amide bonds. The first-order valence-electron chi connectivity index (χ1n) is 7.38. The lowest BCUT2D eigenvalue weighted by molar-refractivity contribution is 0.0816. The van der Waals surface area contributed by atoms with Crippen LogP contribution >= 0.6 is 0 Å². The molecule has 2 heterocycles. The number of hydrogen-bond acceptors (Lipinski definition) is 4. The highest BCUT2D eigenvalue weighted by atomic mass is 16.3. The van der Waals surface area contributed by atoms with E-state index in [2.05, 4.69) is 35.9 Å². The molecule has 0 spiro atoms. The van der Waals surface area contributed by atoms with Gasteiger partial charge in [0, 0.05) is 38.1 Å². The molecule has 1 aromatic heterocycles. The Morgan fingerprint density at radius 2 is 2.16 bits per heavy atom. The van der Waals surface area contributed by atoms with Crippen molar-refractivity contribution in [3.8, 4) is 0 Å². The van der Waals surface area contributed by atoms with Gasteiger partial charge in [-0.15, -0.1) is 0 Å². The highest BCUT2D eigenvalue weighted by molar-refractivity contribution is 5.17. The number of likely N-dealkylation sites (N-methyl/N-ethyl adjacent to an activating group) is 1. The van der Waals surface area contributed by atoms with E-state index in [1.54, 1.807) is 0 Å². The van der Waals surface area contributed by atoms with Crippen LogP contribution in [-0.4, -0.2) is 49.1 Å². The van der Waals surface area contributed by atoms with Crippen LogP contribution in [0, 0.1) is 5.92 Å². The van der Waals surface area contributed by atoms with Gasteiger partial charge >= 0.3 is 0 Å². The van der Waals surface area contributed by atoms with E-state index in [0.717, 1.165) is 44.4 Å². The van der Waals surface area contributed by atoms with Crippen LogP contribution in [-0.2, 0) is 6.54 Å². The van der Waals surface area contributed by atoms with Crippen molar-refractivity contribution in [2.24, 2.45) is 11.7 Å². The first-order valence-corrected chi connectivity index (χ1v) is 7.38. The van der Waals surface area contributed by atoms with Gasteiger partial charge in [-0.05, 0) is 31.5 Å². The summed E-state index contributed by atoms with van der Waals surface area (Å²) in [5.41, 5.74) is 5.89. The SMILES string of the molecule is CC1CC1c1ccc(CN2CCN(C)CC2CN)o1. The zero-order valence-electron chi connectivity index (χ0n) is 12.0. The molecule has 2 aliphatic rings. The molecule has 1 aliphatic heterocycles. The summed E-state index contributed by atoms with van der Waals surface area (Å²) >= 11 is 0. The minimum absolute atomic E-state index is 0.451. The van der Waals surface area contributed by atoms with E-state index in [4.69, 9.17) is 10.2 Å². The molecule has 3 atom stereocenters. The van der Waals surface area contributed by atoms with Gasteiger partial charge in [0.2, 0.25) is 0 Å². The van der Waals surface area contributed by atoms with Gasteiger partial charge < -0.3 is 15.1 Å². The molecule has 1 aliphatic carbocycles. The number of nitrogens with zero attached hydrogens (tertiary/aromatic N) is 2. The third-order valence-electron chi connectivity index (χ3n) is 4.60. The molecule has 0 aromatic carbocycles. The average molecular weight is 263 g/mol. The van der Waals surface area contributed by atoms with E-state index in [9.17, 15) is 0 Å². The van der Waals surface area contributed by atoms with Crippen molar-refractivity contribution < 1.29 is 4.42 Å². The molecule has 19 heavy (non-hydrogen) atoms. The van der Waals surface area contributed by atoms with Crippen LogP contribution < -0.4 is 5.73 Å². The van der Waals surface area contributed by atoms with Crippen molar-refractivity contribution in [1.29, 1.82) is 0 Å². The topological polar surface area (TPSA) is 45.6 Å². The van der Waals surface area contributed by atoms with Crippen LogP contribution in [0.15, 0.2) is 16.5 Å². The quantitative estimate of drug-likeness (QED) is 0.894. The predicted octanol–water partition coefficient (Wildman–Crippen LogP) is 1.48. The predicted molar refractivity (Wildman–Crippen MR) is 76.0 cm³/mol. The molecule has 4 heteroatoms. The Kier molecular flexibility index (Phi) is 3.65. The van der Waals surface area contributed by atoms with Crippen molar-refractivity contribution in [3.05, 3.63) is 23.7 Å². The van der Waals surface area contributed by atoms with E-state index in [1.807, 2.05) is 0 Å². The molecular formula is C15H25N3O. The zero-order chi connectivity index (χ0) is 13.4. The van der Waals surface area contributed by atoms with Crippen molar-refractivity contribution in [2.75, 3.05) is 33.2 Å². The summed E-state index contributed by atoms with van der Waals surface area (Å²) in [6.45, 7) is 7.16. The molecule has 4 nitrogen and oxygen atoms in total. The monoisotopic (exact) mass is 263 g/mol. The van der Waals surface area contributed by atoms with Crippen LogP contribution in [0.1, 0.15) is 30.8 Å². The lowest BCUT2D eigenvalue weighted by atomic mass is 10.1. The summed E-state index contributed by atoms with van der Waals surface area (Å²) in [5.74, 6) is 3.75. The summed E-state index contributed by atoms with van der Waals surface area (Å²) in [6.07, 6.45) is 1.28. The second-order valence-corrected chi connectivity index (χ2v) is 6.25. The highest BCUT2D eigenvalue weighted by Gasteiger charge is 2.36. The molecule has 2 N–H and O–H groups in total. The molecule has 0 bridgehead atoms. The maximum Gasteiger partial charge on any atom is 0.118 e. The molecule has 3 unspecified atom stereocenters. The van der Waals surface area contributed by atoms with Gasteiger partial charge in [-0.1, -0.05) is 6.92 Å². The van der Waals surface area contributed by atoms with E-state index >= 15 is 0 Å². The number of hydrogen-bond donors (Lipinski definition) is 1. The Morgan fingerprint density at radius 1 is 1.37 bits per heavy atom. The number of nitrogens with two attached hydrogens (primary N) is 1. The Morgan fingerprint density at radius 3 is 2.84 bits per heavy atom. The van der Waals surface area contributed by atoms with E-state index in [-0.39, 0.29) is 0 Å². The van der Waals surface area contributed by atoms with Gasteiger partial charge in [0.15, 0.2) is 0 Å². The smallest absolute Gasteiger partial charge is 0.118 e. The molecule has 3 rings (SSSR count). The Balaban J connectivity index is 1.62. The molecule has 1 aromatic rings. The second kappa shape index (κ2) is 5.27. The van der Waals surface area contributed by atoms with Crippen LogP contribution in [0.25, 0.3) is 0 Å². The van der Waals surface area contributed by atoms with Gasteiger partial charge in [-0.2, -0.15) is 0 Å². The van der Waals surface area contributed by atoms with E-state index in [0.29, 0.717) is 12.0 Å². The second-order valence-electron chi connectivity index (χ2n) is 6.25. The van der Waals surface area contributed by atoms with Gasteiger partial charge in [0.05, 0.1) is 6.54 Å². The minimum atomic E-state index is 0.451. The van der Waals surface area contributed by atoms with Gasteiger partial charge in [0.25, 0.3) is 0 Å². The first-order chi connectivity index (χ1) is 9.17. The lowest BCUT2D eigenvalue weighted by Crippen LogP contribution is -2.54. The largest absolute Gasteiger partial charge is 0.464 e. The average Bonchev–Trinajstić information content (AvgIpc) is 2.95. The molecule has 1 saturated carbocycles. The molecule has 106 valence electrons. The Labute approximate surface area is 115 Å². The number of furan rings is 1. The summed E-state index contributed by atoms with van der Waals surface area (Å²) < 4.78 is 6.00. The van der Waals surface area contributed by atoms with E-state index in [1.165, 1.54) is 12.2 Å². The van der Waals surface area contributed by atoms with Gasteiger partial charge in [-0.3, -0.25) is 4.90 Å². The van der Waals surface area contributed by atoms with Crippen molar-refractivity contribution in [3.63, 3.8) is 0 Å². The van der Waals surface area contributed by atoms with E-state index < -0.39 is 0 Å². The van der Waals surface area contributed by atoms with Crippen LogP contribution in [0.3, 0.4) is 0 Å². The maximum atomic E-state index is 6.00. The molecule has 1 saturated heterocycles. The Hall–Kier alpha value is -0.840. The fourth-order valence-corrected chi connectivity index (χ4v) is 3.08. The fourth-order valence-electron chi connectivity index (χ4n) is 3.08. The maximum absolute atomic E-state index is 6.00. The van der Waals surface area contributed by atoms with Crippen molar-refractivity contribution in [2.45, 2.75) is 31.8 Å². The number of rotatable bonds is 4. The molecular weight excluding hydrogens is 238 g/mol.